The highest BCUT2D eigenvalue weighted by Gasteiger charge is 2.28. The maximum absolute atomic E-state index is 14.8. The topological polar surface area (TPSA) is 84.5 Å². The number of carbonyl (C=O) groups excluding carboxylic acids is 1. The summed E-state index contributed by atoms with van der Waals surface area (Å²) < 4.78 is 60.5. The van der Waals surface area contributed by atoms with Crippen LogP contribution >= 0.6 is 0 Å². The number of benzene rings is 2. The average Bonchev–Trinajstić information content (AvgIpc) is 3.10. The molecule has 2 aromatic rings. The number of carbonyl (C=O) groups is 1. The Kier molecular flexibility index (Phi) is 5.54. The zero-order valence-corrected chi connectivity index (χ0v) is 15.3. The Morgan fingerprint density at radius 3 is 2.67 bits per heavy atom. The molecule has 2 N–H and O–H groups in total. The fraction of sp³-hybridized carbons (Fsp3) is 0.278. The third-order valence-electron chi connectivity index (χ3n) is 4.16. The molecule has 0 saturated carbocycles. The summed E-state index contributed by atoms with van der Waals surface area (Å²) in [6.07, 6.45) is 0.491. The van der Waals surface area contributed by atoms with Crippen molar-refractivity contribution in [2.75, 3.05) is 18.5 Å². The van der Waals surface area contributed by atoms with E-state index >= 15 is 0 Å². The van der Waals surface area contributed by atoms with Crippen molar-refractivity contribution < 1.29 is 26.7 Å². The molecule has 1 aliphatic rings. The normalized spacial score (nSPS) is 17.1. The minimum absolute atomic E-state index is 0.213. The number of ether oxygens (including phenoxy) is 1. The summed E-state index contributed by atoms with van der Waals surface area (Å²) in [5.41, 5.74) is 0.155. The van der Waals surface area contributed by atoms with Crippen LogP contribution in [-0.4, -0.2) is 33.6 Å². The first-order valence-corrected chi connectivity index (χ1v) is 9.72. The quantitative estimate of drug-likeness (QED) is 0.814. The zero-order valence-electron chi connectivity index (χ0n) is 14.5. The van der Waals surface area contributed by atoms with Gasteiger partial charge in [-0.15, -0.1) is 0 Å². The van der Waals surface area contributed by atoms with Crippen LogP contribution in [0.2, 0.25) is 0 Å². The van der Waals surface area contributed by atoms with Crippen molar-refractivity contribution in [2.45, 2.75) is 24.3 Å². The Balaban J connectivity index is 1.85. The number of amides is 1. The molecule has 9 heteroatoms. The average molecular weight is 396 g/mol. The van der Waals surface area contributed by atoms with Crippen molar-refractivity contribution in [3.8, 4) is 0 Å². The van der Waals surface area contributed by atoms with Crippen molar-refractivity contribution in [3.63, 3.8) is 0 Å². The Hall–Kier alpha value is -2.36. The Morgan fingerprint density at radius 1 is 1.22 bits per heavy atom. The lowest BCUT2D eigenvalue weighted by Crippen LogP contribution is -2.35. The molecule has 1 atom stereocenters. The maximum Gasteiger partial charge on any atom is 0.258 e. The van der Waals surface area contributed by atoms with Crippen LogP contribution in [0.1, 0.15) is 22.3 Å². The first-order valence-electron chi connectivity index (χ1n) is 8.24. The minimum Gasteiger partial charge on any atom is -0.380 e. The molecule has 0 radical (unpaired) electrons. The Labute approximate surface area is 155 Å². The third-order valence-corrected chi connectivity index (χ3v) is 5.70. The van der Waals surface area contributed by atoms with E-state index in [9.17, 15) is 22.0 Å². The fourth-order valence-corrected chi connectivity index (χ4v) is 4.08. The lowest BCUT2D eigenvalue weighted by atomic mass is 10.1. The SMILES string of the molecule is Cc1cc(NC(=O)c2cccc(S(=O)(=O)NC3CCOC3)c2F)ccc1F. The van der Waals surface area contributed by atoms with Crippen LogP contribution in [0.5, 0.6) is 0 Å². The van der Waals surface area contributed by atoms with Gasteiger partial charge in [0.05, 0.1) is 12.2 Å². The molecule has 1 amide bonds. The second kappa shape index (κ2) is 7.71. The van der Waals surface area contributed by atoms with Gasteiger partial charge in [-0.3, -0.25) is 4.79 Å². The van der Waals surface area contributed by atoms with E-state index in [4.69, 9.17) is 4.74 Å². The Morgan fingerprint density at radius 2 is 2.00 bits per heavy atom. The molecule has 144 valence electrons. The number of hydrogen-bond donors (Lipinski definition) is 2. The second-order valence-electron chi connectivity index (χ2n) is 6.22. The molecule has 1 fully saturated rings. The van der Waals surface area contributed by atoms with Gasteiger partial charge in [0.15, 0.2) is 5.82 Å². The smallest absolute Gasteiger partial charge is 0.258 e. The number of nitrogens with one attached hydrogen (secondary N) is 2. The summed E-state index contributed by atoms with van der Waals surface area (Å²) in [5, 5.41) is 2.44. The number of anilines is 1. The summed E-state index contributed by atoms with van der Waals surface area (Å²) in [6.45, 7) is 2.16. The molecule has 27 heavy (non-hydrogen) atoms. The molecule has 6 nitrogen and oxygen atoms in total. The summed E-state index contributed by atoms with van der Waals surface area (Å²) in [5.74, 6) is -2.42. The van der Waals surface area contributed by atoms with Crippen LogP contribution < -0.4 is 10.0 Å². The number of hydrogen-bond acceptors (Lipinski definition) is 4. The van der Waals surface area contributed by atoms with Crippen molar-refractivity contribution >= 4 is 21.6 Å². The van der Waals surface area contributed by atoms with E-state index in [1.807, 2.05) is 0 Å². The van der Waals surface area contributed by atoms with Crippen LogP contribution in [0.4, 0.5) is 14.5 Å². The fourth-order valence-electron chi connectivity index (χ4n) is 2.72. The van der Waals surface area contributed by atoms with Gasteiger partial charge in [0.25, 0.3) is 5.91 Å². The molecule has 1 saturated heterocycles. The van der Waals surface area contributed by atoms with Crippen molar-refractivity contribution in [3.05, 3.63) is 59.2 Å². The first-order chi connectivity index (χ1) is 12.8. The van der Waals surface area contributed by atoms with Gasteiger partial charge >= 0.3 is 0 Å². The minimum atomic E-state index is -4.15. The van der Waals surface area contributed by atoms with E-state index in [2.05, 4.69) is 10.0 Å². The molecule has 1 heterocycles. The lowest BCUT2D eigenvalue weighted by molar-refractivity contribution is 0.102. The van der Waals surface area contributed by atoms with Crippen LogP contribution in [0, 0.1) is 18.6 Å². The molecule has 1 aliphatic heterocycles. The number of aryl methyl sites for hydroxylation is 1. The van der Waals surface area contributed by atoms with Gasteiger partial charge < -0.3 is 10.1 Å². The highest BCUT2D eigenvalue weighted by atomic mass is 32.2. The summed E-state index contributed by atoms with van der Waals surface area (Å²) in [7, 11) is -4.15. The van der Waals surface area contributed by atoms with Gasteiger partial charge in [-0.1, -0.05) is 6.07 Å². The van der Waals surface area contributed by atoms with Crippen LogP contribution in [0.15, 0.2) is 41.3 Å². The first kappa shape index (κ1) is 19.4. The molecule has 0 aromatic heterocycles. The van der Waals surface area contributed by atoms with Crippen LogP contribution in [-0.2, 0) is 14.8 Å². The Bertz CT molecular complexity index is 973. The van der Waals surface area contributed by atoms with Gasteiger partial charge in [0.2, 0.25) is 10.0 Å². The summed E-state index contributed by atoms with van der Waals surface area (Å²) in [4.78, 5) is 11.8. The van der Waals surface area contributed by atoms with E-state index in [0.29, 0.717) is 18.6 Å². The third kappa shape index (κ3) is 4.32. The number of sulfonamides is 1. The van der Waals surface area contributed by atoms with Gasteiger partial charge in [-0.05, 0) is 49.2 Å². The zero-order chi connectivity index (χ0) is 19.6. The monoisotopic (exact) mass is 396 g/mol. The maximum atomic E-state index is 14.8. The predicted molar refractivity (Wildman–Crippen MR) is 95.0 cm³/mol. The molecule has 0 bridgehead atoms. The van der Waals surface area contributed by atoms with Crippen molar-refractivity contribution in [1.29, 1.82) is 0 Å². The predicted octanol–water partition coefficient (Wildman–Crippen LogP) is 2.59. The number of rotatable bonds is 5. The second-order valence-corrected chi connectivity index (χ2v) is 7.90. The molecule has 0 aliphatic carbocycles. The summed E-state index contributed by atoms with van der Waals surface area (Å²) >= 11 is 0. The van der Waals surface area contributed by atoms with Gasteiger partial charge in [0.1, 0.15) is 10.7 Å². The highest BCUT2D eigenvalue weighted by Crippen LogP contribution is 2.21. The van der Waals surface area contributed by atoms with Gasteiger partial charge in [0, 0.05) is 18.3 Å². The molecule has 1 unspecified atom stereocenters. The van der Waals surface area contributed by atoms with Crippen LogP contribution in [0.25, 0.3) is 0 Å². The van der Waals surface area contributed by atoms with E-state index in [-0.39, 0.29) is 12.3 Å². The van der Waals surface area contributed by atoms with Crippen LogP contribution in [0.3, 0.4) is 0 Å². The molecule has 3 rings (SSSR count). The molecule has 0 spiro atoms. The highest BCUT2D eigenvalue weighted by molar-refractivity contribution is 7.89. The van der Waals surface area contributed by atoms with E-state index in [1.54, 1.807) is 0 Å². The van der Waals surface area contributed by atoms with E-state index < -0.39 is 44.1 Å². The van der Waals surface area contributed by atoms with Crippen molar-refractivity contribution in [2.24, 2.45) is 0 Å². The van der Waals surface area contributed by atoms with E-state index in [0.717, 1.165) is 6.07 Å². The largest absolute Gasteiger partial charge is 0.380 e. The van der Waals surface area contributed by atoms with Crippen molar-refractivity contribution in [1.82, 2.24) is 4.72 Å². The van der Waals surface area contributed by atoms with Gasteiger partial charge in [-0.2, -0.15) is 0 Å². The summed E-state index contributed by atoms with van der Waals surface area (Å²) in [6, 6.07) is 7.02. The van der Waals surface area contributed by atoms with E-state index in [1.165, 1.54) is 37.3 Å². The molecular formula is C18H18F2N2O4S. The van der Waals surface area contributed by atoms with Gasteiger partial charge in [-0.25, -0.2) is 21.9 Å². The lowest BCUT2D eigenvalue weighted by Gasteiger charge is -2.13. The molecule has 2 aromatic carbocycles. The number of halogens is 2. The standard InChI is InChI=1S/C18H18F2N2O4S/c1-11-9-12(5-6-15(11)19)21-18(23)14-3-2-4-16(17(14)20)27(24,25)22-13-7-8-26-10-13/h2-6,9,13,22H,7-8,10H2,1H3,(H,21,23). The molecular weight excluding hydrogens is 378 g/mol.